The summed E-state index contributed by atoms with van der Waals surface area (Å²) in [5.41, 5.74) is 1.54. The highest BCUT2D eigenvalue weighted by molar-refractivity contribution is 7.89. The first-order chi connectivity index (χ1) is 18.1. The predicted octanol–water partition coefficient (Wildman–Crippen LogP) is 2.13. The van der Waals surface area contributed by atoms with Gasteiger partial charge in [0, 0.05) is 38.6 Å². The van der Waals surface area contributed by atoms with E-state index in [4.69, 9.17) is 9.47 Å². The van der Waals surface area contributed by atoms with Crippen molar-refractivity contribution in [2.75, 3.05) is 46.0 Å². The van der Waals surface area contributed by atoms with Crippen LogP contribution >= 0.6 is 0 Å². The number of ether oxygens (including phenoxy) is 2. The van der Waals surface area contributed by atoms with Gasteiger partial charge in [-0.05, 0) is 68.1 Å². The van der Waals surface area contributed by atoms with Crippen LogP contribution in [0.2, 0.25) is 0 Å². The van der Waals surface area contributed by atoms with E-state index in [1.807, 2.05) is 13.8 Å². The molecule has 12 heteroatoms. The van der Waals surface area contributed by atoms with Gasteiger partial charge in [-0.15, -0.1) is 0 Å². The minimum atomic E-state index is -3.66. The number of nitrogens with one attached hydrogen (secondary N) is 1. The fourth-order valence-corrected chi connectivity index (χ4v) is 7.62. The molecule has 4 rings (SSSR count). The maximum absolute atomic E-state index is 13.1. The summed E-state index contributed by atoms with van der Waals surface area (Å²) in [5, 5.41) is 2.90. The van der Waals surface area contributed by atoms with E-state index in [9.17, 15) is 21.6 Å². The monoisotopic (exact) mass is 565 g/mol. The van der Waals surface area contributed by atoms with Crippen LogP contribution in [0.5, 0.6) is 5.75 Å². The second-order valence-electron chi connectivity index (χ2n) is 9.42. The van der Waals surface area contributed by atoms with Crippen molar-refractivity contribution in [3.8, 4) is 5.75 Å². The fraction of sp³-hybridized carbons (Fsp3) is 0.500. The van der Waals surface area contributed by atoms with Gasteiger partial charge in [-0.25, -0.2) is 16.8 Å². The van der Waals surface area contributed by atoms with Crippen molar-refractivity contribution >= 4 is 26.0 Å². The molecule has 1 N–H and O–H groups in total. The summed E-state index contributed by atoms with van der Waals surface area (Å²) in [7, 11) is -7.22. The van der Waals surface area contributed by atoms with Gasteiger partial charge in [-0.3, -0.25) is 4.79 Å². The van der Waals surface area contributed by atoms with Gasteiger partial charge in [0.05, 0.1) is 29.6 Å². The third-order valence-corrected chi connectivity index (χ3v) is 10.7. The van der Waals surface area contributed by atoms with Crippen molar-refractivity contribution < 1.29 is 31.1 Å². The van der Waals surface area contributed by atoms with Gasteiger partial charge < -0.3 is 14.8 Å². The SMILES string of the molecule is CCOc1ccc(S(=O)(=O)N2CCC(C(=O)NCc3ccc(S(=O)(=O)N4CCOCC4)cc3)CC2)cc1C. The Kier molecular flexibility index (Phi) is 9.09. The van der Waals surface area contributed by atoms with Crippen LogP contribution in [0, 0.1) is 12.8 Å². The van der Waals surface area contributed by atoms with E-state index in [1.54, 1.807) is 42.5 Å². The average Bonchev–Trinajstić information content (AvgIpc) is 2.93. The Hall–Kier alpha value is -2.51. The molecule has 0 saturated carbocycles. The van der Waals surface area contributed by atoms with Gasteiger partial charge in [-0.1, -0.05) is 12.1 Å². The van der Waals surface area contributed by atoms with E-state index in [0.717, 1.165) is 11.1 Å². The van der Waals surface area contributed by atoms with E-state index in [2.05, 4.69) is 5.32 Å². The Bertz CT molecular complexity index is 1330. The molecular weight excluding hydrogens is 530 g/mol. The van der Waals surface area contributed by atoms with Crippen molar-refractivity contribution in [1.82, 2.24) is 13.9 Å². The molecule has 2 aromatic rings. The van der Waals surface area contributed by atoms with Gasteiger partial charge in [-0.2, -0.15) is 8.61 Å². The van der Waals surface area contributed by atoms with Crippen LogP contribution in [0.1, 0.15) is 30.9 Å². The quantitative estimate of drug-likeness (QED) is 0.494. The minimum absolute atomic E-state index is 0.135. The standard InChI is InChI=1S/C26H35N3O7S2/c1-3-36-25-9-8-24(18-20(25)2)38(33,34)28-12-10-22(11-13-28)26(30)27-19-21-4-6-23(7-5-21)37(31,32)29-14-16-35-17-15-29/h4-9,18,22H,3,10-17,19H2,1-2H3,(H,27,30). The number of carbonyl (C=O) groups excluding carboxylic acids is 1. The van der Waals surface area contributed by atoms with Gasteiger partial charge >= 0.3 is 0 Å². The second-order valence-corrected chi connectivity index (χ2v) is 13.3. The lowest BCUT2D eigenvalue weighted by Crippen LogP contribution is -2.42. The molecule has 2 fully saturated rings. The van der Waals surface area contributed by atoms with Crippen LogP contribution in [0.3, 0.4) is 0 Å². The van der Waals surface area contributed by atoms with E-state index < -0.39 is 20.0 Å². The first-order valence-electron chi connectivity index (χ1n) is 12.8. The summed E-state index contributed by atoms with van der Waals surface area (Å²) in [5.74, 6) is 0.239. The molecule has 2 aliphatic rings. The number of hydrogen-bond acceptors (Lipinski definition) is 7. The molecule has 0 aromatic heterocycles. The van der Waals surface area contributed by atoms with Crippen LogP contribution in [0.15, 0.2) is 52.3 Å². The highest BCUT2D eigenvalue weighted by atomic mass is 32.2. The molecule has 1 amide bonds. The maximum Gasteiger partial charge on any atom is 0.243 e. The summed E-state index contributed by atoms with van der Waals surface area (Å²) in [6.07, 6.45) is 0.857. The van der Waals surface area contributed by atoms with Crippen molar-refractivity contribution in [3.63, 3.8) is 0 Å². The molecule has 208 valence electrons. The van der Waals surface area contributed by atoms with Gasteiger partial charge in [0.25, 0.3) is 0 Å². The molecule has 2 aliphatic heterocycles. The number of benzene rings is 2. The second kappa shape index (κ2) is 12.1. The number of rotatable bonds is 9. The van der Waals surface area contributed by atoms with Crippen LogP contribution in [-0.4, -0.2) is 77.4 Å². The first-order valence-corrected chi connectivity index (χ1v) is 15.7. The number of piperidine rings is 1. The topological polar surface area (TPSA) is 122 Å². The Morgan fingerprint density at radius 1 is 0.921 bits per heavy atom. The molecule has 10 nitrogen and oxygen atoms in total. The molecule has 2 heterocycles. The lowest BCUT2D eigenvalue weighted by Gasteiger charge is -2.30. The molecule has 0 radical (unpaired) electrons. The number of hydrogen-bond donors (Lipinski definition) is 1. The number of amides is 1. The molecular formula is C26H35N3O7S2. The summed E-state index contributed by atoms with van der Waals surface area (Å²) in [4.78, 5) is 13.2. The third kappa shape index (κ3) is 6.37. The largest absolute Gasteiger partial charge is 0.494 e. The van der Waals surface area contributed by atoms with E-state index in [1.165, 1.54) is 8.61 Å². The van der Waals surface area contributed by atoms with Gasteiger partial charge in [0.2, 0.25) is 26.0 Å². The van der Waals surface area contributed by atoms with Gasteiger partial charge in [0.1, 0.15) is 5.75 Å². The highest BCUT2D eigenvalue weighted by Crippen LogP contribution is 2.27. The zero-order valence-corrected chi connectivity index (χ0v) is 23.4. The van der Waals surface area contributed by atoms with Crippen LogP contribution < -0.4 is 10.1 Å². The smallest absolute Gasteiger partial charge is 0.243 e. The Morgan fingerprint density at radius 3 is 2.11 bits per heavy atom. The van der Waals surface area contributed by atoms with Crippen LogP contribution in [0.4, 0.5) is 0 Å². The normalized spacial score (nSPS) is 18.3. The molecule has 0 atom stereocenters. The van der Waals surface area contributed by atoms with Crippen LogP contribution in [-0.2, 0) is 36.1 Å². The first kappa shape index (κ1) is 28.5. The average molecular weight is 566 g/mol. The molecule has 2 aromatic carbocycles. The summed E-state index contributed by atoms with van der Waals surface area (Å²) in [6.45, 7) is 6.43. The zero-order chi connectivity index (χ0) is 27.3. The van der Waals surface area contributed by atoms with Crippen molar-refractivity contribution in [3.05, 3.63) is 53.6 Å². The Morgan fingerprint density at radius 2 is 1.50 bits per heavy atom. The number of morpholine rings is 1. The van der Waals surface area contributed by atoms with Crippen LogP contribution in [0.25, 0.3) is 0 Å². The zero-order valence-electron chi connectivity index (χ0n) is 21.8. The summed E-state index contributed by atoms with van der Waals surface area (Å²) in [6, 6.07) is 11.4. The molecule has 0 aliphatic carbocycles. The maximum atomic E-state index is 13.1. The molecule has 0 bridgehead atoms. The third-order valence-electron chi connectivity index (χ3n) is 6.91. The lowest BCUT2D eigenvalue weighted by atomic mass is 9.97. The lowest BCUT2D eigenvalue weighted by molar-refractivity contribution is -0.126. The van der Waals surface area contributed by atoms with E-state index in [0.29, 0.717) is 51.5 Å². The number of nitrogens with zero attached hydrogens (tertiary/aromatic N) is 2. The minimum Gasteiger partial charge on any atom is -0.494 e. The molecule has 38 heavy (non-hydrogen) atoms. The Balaban J connectivity index is 1.29. The predicted molar refractivity (Wildman–Crippen MR) is 142 cm³/mol. The highest BCUT2D eigenvalue weighted by Gasteiger charge is 2.32. The molecule has 0 unspecified atom stereocenters. The fourth-order valence-electron chi connectivity index (χ4n) is 4.66. The molecule has 0 spiro atoms. The summed E-state index contributed by atoms with van der Waals surface area (Å²) < 4.78 is 65.4. The number of sulfonamides is 2. The number of carbonyl (C=O) groups is 1. The van der Waals surface area contributed by atoms with E-state index in [-0.39, 0.29) is 41.3 Å². The van der Waals surface area contributed by atoms with Crippen molar-refractivity contribution in [1.29, 1.82) is 0 Å². The van der Waals surface area contributed by atoms with E-state index >= 15 is 0 Å². The van der Waals surface area contributed by atoms with Crippen molar-refractivity contribution in [2.45, 2.75) is 43.0 Å². The number of aryl methyl sites for hydroxylation is 1. The Labute approximate surface area is 225 Å². The van der Waals surface area contributed by atoms with Gasteiger partial charge in [0.15, 0.2) is 0 Å². The summed E-state index contributed by atoms with van der Waals surface area (Å²) >= 11 is 0. The van der Waals surface area contributed by atoms with Crippen molar-refractivity contribution in [2.24, 2.45) is 5.92 Å². The molecule has 2 saturated heterocycles.